The third-order valence-corrected chi connectivity index (χ3v) is 3.48. The zero-order chi connectivity index (χ0) is 14.2. The van der Waals surface area contributed by atoms with E-state index in [1.807, 2.05) is 26.0 Å². The number of carboxylic acid groups (broad SMARTS) is 1. The van der Waals surface area contributed by atoms with E-state index in [-0.39, 0.29) is 19.1 Å². The van der Waals surface area contributed by atoms with Crippen LogP contribution in [0.15, 0.2) is 12.1 Å². The lowest BCUT2D eigenvalue weighted by molar-refractivity contribution is -0.138. The lowest BCUT2D eigenvalue weighted by Gasteiger charge is -2.28. The van der Waals surface area contributed by atoms with Crippen LogP contribution in [0.25, 0.3) is 0 Å². The van der Waals surface area contributed by atoms with Gasteiger partial charge in [0, 0.05) is 11.0 Å². The second-order valence-electron chi connectivity index (χ2n) is 5.87. The Labute approximate surface area is 113 Å². The highest BCUT2D eigenvalue weighted by atomic mass is 16.7. The number of fused-ring (bicyclic) bond motifs is 1. The quantitative estimate of drug-likeness (QED) is 0.906. The molecule has 0 fully saturated rings. The van der Waals surface area contributed by atoms with Crippen molar-refractivity contribution in [1.29, 1.82) is 0 Å². The number of benzene rings is 1. The number of aliphatic carboxylic acids is 1. The highest BCUT2D eigenvalue weighted by Gasteiger charge is 2.32. The van der Waals surface area contributed by atoms with Crippen molar-refractivity contribution >= 4 is 5.97 Å². The zero-order valence-corrected chi connectivity index (χ0v) is 11.8. The summed E-state index contributed by atoms with van der Waals surface area (Å²) in [4.78, 5) is 11.0. The van der Waals surface area contributed by atoms with Crippen molar-refractivity contribution in [2.75, 3.05) is 6.79 Å². The maximum Gasteiger partial charge on any atom is 0.304 e. The first-order chi connectivity index (χ1) is 8.83. The van der Waals surface area contributed by atoms with Crippen LogP contribution in [0.4, 0.5) is 0 Å². The molecule has 1 aromatic rings. The predicted octanol–water partition coefficient (Wildman–Crippen LogP) is 3.29. The summed E-state index contributed by atoms with van der Waals surface area (Å²) in [5.41, 5.74) is 1.64. The van der Waals surface area contributed by atoms with Gasteiger partial charge < -0.3 is 14.6 Å². The van der Waals surface area contributed by atoms with Gasteiger partial charge in [0.2, 0.25) is 6.79 Å². The number of hydrogen-bond acceptors (Lipinski definition) is 3. The summed E-state index contributed by atoms with van der Waals surface area (Å²) in [6.07, 6.45) is 0.0896. The van der Waals surface area contributed by atoms with Crippen molar-refractivity contribution < 1.29 is 19.4 Å². The molecule has 0 aromatic heterocycles. The average Bonchev–Trinajstić information content (AvgIpc) is 2.72. The predicted molar refractivity (Wildman–Crippen MR) is 71.9 cm³/mol. The normalized spacial score (nSPS) is 13.9. The first-order valence-electron chi connectivity index (χ1n) is 6.47. The van der Waals surface area contributed by atoms with Crippen molar-refractivity contribution in [3.05, 3.63) is 23.3 Å². The number of rotatable bonds is 4. The molecule has 0 radical (unpaired) electrons. The van der Waals surface area contributed by atoms with Gasteiger partial charge in [0.1, 0.15) is 0 Å². The van der Waals surface area contributed by atoms with E-state index in [1.54, 1.807) is 0 Å². The van der Waals surface area contributed by atoms with Crippen LogP contribution in [0, 0.1) is 0 Å². The minimum Gasteiger partial charge on any atom is -0.481 e. The number of ether oxygens (including phenoxy) is 2. The molecule has 4 nitrogen and oxygen atoms in total. The van der Waals surface area contributed by atoms with Gasteiger partial charge in [0.05, 0.1) is 6.42 Å². The topological polar surface area (TPSA) is 55.8 Å². The molecule has 0 unspecified atom stereocenters. The first kappa shape index (κ1) is 13.7. The summed E-state index contributed by atoms with van der Waals surface area (Å²) in [6.45, 7) is 8.29. The third kappa shape index (κ3) is 2.53. The number of hydrogen-bond donors (Lipinski definition) is 1. The molecule has 0 saturated carbocycles. The molecule has 0 saturated heterocycles. The minimum atomic E-state index is -0.794. The Hall–Kier alpha value is -1.71. The van der Waals surface area contributed by atoms with Crippen LogP contribution in [0.1, 0.15) is 51.2 Å². The van der Waals surface area contributed by atoms with E-state index < -0.39 is 11.4 Å². The van der Waals surface area contributed by atoms with Crippen molar-refractivity contribution in [3.8, 4) is 11.5 Å². The van der Waals surface area contributed by atoms with Gasteiger partial charge in [-0.05, 0) is 17.5 Å². The first-order valence-corrected chi connectivity index (χ1v) is 6.47. The Bertz CT molecular complexity index is 503. The second-order valence-corrected chi connectivity index (χ2v) is 5.87. The minimum absolute atomic E-state index is 0.0896. The van der Waals surface area contributed by atoms with Gasteiger partial charge in [-0.25, -0.2) is 0 Å². The SMILES string of the molecule is CC(C)c1c(C(C)(C)CC(=O)O)ccc2c1OCO2. The molecule has 104 valence electrons. The third-order valence-electron chi connectivity index (χ3n) is 3.48. The number of carbonyl (C=O) groups is 1. The van der Waals surface area contributed by atoms with Crippen LogP contribution < -0.4 is 9.47 Å². The van der Waals surface area contributed by atoms with Crippen LogP contribution in [0.3, 0.4) is 0 Å². The van der Waals surface area contributed by atoms with Crippen molar-refractivity contribution in [2.45, 2.75) is 45.4 Å². The standard InChI is InChI=1S/C15H20O4/c1-9(2)13-10(15(3,4)7-12(16)17)5-6-11-14(13)19-8-18-11/h5-6,9H,7-8H2,1-4H3,(H,16,17). The fourth-order valence-corrected chi connectivity index (χ4v) is 2.63. The highest BCUT2D eigenvalue weighted by molar-refractivity contribution is 5.69. The molecule has 0 amide bonds. The molecule has 1 aliphatic rings. The molecular weight excluding hydrogens is 244 g/mol. The Morgan fingerprint density at radius 3 is 2.63 bits per heavy atom. The molecule has 0 atom stereocenters. The smallest absolute Gasteiger partial charge is 0.304 e. The van der Waals surface area contributed by atoms with Gasteiger partial charge >= 0.3 is 5.97 Å². The van der Waals surface area contributed by atoms with Crippen LogP contribution in [0.5, 0.6) is 11.5 Å². The maximum absolute atomic E-state index is 11.0. The average molecular weight is 264 g/mol. The molecule has 1 aromatic carbocycles. The Morgan fingerprint density at radius 2 is 2.05 bits per heavy atom. The van der Waals surface area contributed by atoms with Gasteiger partial charge in [0.15, 0.2) is 11.5 Å². The molecule has 0 spiro atoms. The van der Waals surface area contributed by atoms with E-state index >= 15 is 0 Å². The lowest BCUT2D eigenvalue weighted by Crippen LogP contribution is -2.23. The van der Waals surface area contributed by atoms with E-state index in [0.29, 0.717) is 0 Å². The summed E-state index contributed by atoms with van der Waals surface area (Å²) in [5, 5.41) is 9.08. The molecule has 19 heavy (non-hydrogen) atoms. The Kier molecular flexibility index (Phi) is 3.43. The summed E-state index contributed by atoms with van der Waals surface area (Å²) in [5.74, 6) is 0.974. The van der Waals surface area contributed by atoms with Crippen molar-refractivity contribution in [1.82, 2.24) is 0 Å². The Morgan fingerprint density at radius 1 is 1.37 bits per heavy atom. The van der Waals surface area contributed by atoms with Crippen molar-refractivity contribution in [2.24, 2.45) is 0 Å². The van der Waals surface area contributed by atoms with Gasteiger partial charge in [-0.15, -0.1) is 0 Å². The monoisotopic (exact) mass is 264 g/mol. The molecule has 4 heteroatoms. The van der Waals surface area contributed by atoms with Gasteiger partial charge in [-0.1, -0.05) is 33.8 Å². The summed E-state index contributed by atoms with van der Waals surface area (Å²) in [6, 6.07) is 3.83. The lowest BCUT2D eigenvalue weighted by atomic mass is 9.76. The van der Waals surface area contributed by atoms with Crippen LogP contribution in [-0.2, 0) is 10.2 Å². The summed E-state index contributed by atoms with van der Waals surface area (Å²) in [7, 11) is 0. The van der Waals surface area contributed by atoms with Crippen LogP contribution >= 0.6 is 0 Å². The van der Waals surface area contributed by atoms with E-state index in [9.17, 15) is 4.79 Å². The summed E-state index contributed by atoms with van der Waals surface area (Å²) < 4.78 is 11.0. The highest BCUT2D eigenvalue weighted by Crippen LogP contribution is 2.45. The Balaban J connectivity index is 2.54. The molecule has 1 N–H and O–H groups in total. The molecule has 2 rings (SSSR count). The van der Waals surface area contributed by atoms with Crippen LogP contribution in [-0.4, -0.2) is 17.9 Å². The van der Waals surface area contributed by atoms with Gasteiger partial charge in [-0.3, -0.25) is 4.79 Å². The van der Waals surface area contributed by atoms with Crippen molar-refractivity contribution in [3.63, 3.8) is 0 Å². The number of carboxylic acids is 1. The zero-order valence-electron chi connectivity index (χ0n) is 11.8. The fraction of sp³-hybridized carbons (Fsp3) is 0.533. The second kappa shape index (κ2) is 4.76. The molecule has 0 bridgehead atoms. The molecule has 0 aliphatic carbocycles. The van der Waals surface area contributed by atoms with Gasteiger partial charge in [0.25, 0.3) is 0 Å². The van der Waals surface area contributed by atoms with E-state index in [1.165, 1.54) is 0 Å². The molecule has 1 heterocycles. The molecular formula is C15H20O4. The van der Waals surface area contributed by atoms with Gasteiger partial charge in [-0.2, -0.15) is 0 Å². The fourth-order valence-electron chi connectivity index (χ4n) is 2.63. The maximum atomic E-state index is 11.0. The van der Waals surface area contributed by atoms with E-state index in [0.717, 1.165) is 22.6 Å². The van der Waals surface area contributed by atoms with Crippen LogP contribution in [0.2, 0.25) is 0 Å². The summed E-state index contributed by atoms with van der Waals surface area (Å²) >= 11 is 0. The van der Waals surface area contributed by atoms with E-state index in [2.05, 4.69) is 13.8 Å². The van der Waals surface area contributed by atoms with E-state index in [4.69, 9.17) is 14.6 Å². The molecule has 1 aliphatic heterocycles. The largest absolute Gasteiger partial charge is 0.481 e.